The number of thiophene rings is 1. The Bertz CT molecular complexity index is 864. The Morgan fingerprint density at radius 2 is 2.05 bits per heavy atom. The van der Waals surface area contributed by atoms with Crippen molar-refractivity contribution in [2.75, 3.05) is 0 Å². The molecule has 21 heavy (non-hydrogen) atoms. The predicted octanol–water partition coefficient (Wildman–Crippen LogP) is 3.00. The predicted molar refractivity (Wildman–Crippen MR) is 77.3 cm³/mol. The number of aryl methyl sites for hydroxylation is 1. The number of nitro groups is 1. The van der Waals surface area contributed by atoms with Gasteiger partial charge < -0.3 is 5.11 Å². The second kappa shape index (κ2) is 4.67. The Morgan fingerprint density at radius 1 is 1.38 bits per heavy atom. The zero-order chi connectivity index (χ0) is 15.1. The Kier molecular flexibility index (Phi) is 2.95. The van der Waals surface area contributed by atoms with E-state index in [0.717, 1.165) is 16.7 Å². The van der Waals surface area contributed by atoms with Crippen molar-refractivity contribution < 1.29 is 14.8 Å². The lowest BCUT2D eigenvalue weighted by atomic mass is 10.3. The lowest BCUT2D eigenvalue weighted by Crippen LogP contribution is -1.97. The summed E-state index contributed by atoms with van der Waals surface area (Å²) in [5, 5.41) is 24.9. The van der Waals surface area contributed by atoms with Crippen LogP contribution in [0.3, 0.4) is 0 Å². The molecule has 0 atom stereocenters. The van der Waals surface area contributed by atoms with Gasteiger partial charge in [0.2, 0.25) is 0 Å². The van der Waals surface area contributed by atoms with Crippen LogP contribution in [0, 0.1) is 17.0 Å². The molecule has 0 fully saturated rings. The first-order valence-electron chi connectivity index (χ1n) is 5.94. The van der Waals surface area contributed by atoms with E-state index < -0.39 is 10.9 Å². The summed E-state index contributed by atoms with van der Waals surface area (Å²) in [7, 11) is 0. The van der Waals surface area contributed by atoms with Crippen molar-refractivity contribution in [2.45, 2.75) is 6.92 Å². The number of benzene rings is 1. The van der Waals surface area contributed by atoms with Gasteiger partial charge in [-0.05, 0) is 25.1 Å². The van der Waals surface area contributed by atoms with Gasteiger partial charge >= 0.3 is 5.97 Å². The summed E-state index contributed by atoms with van der Waals surface area (Å²) in [5.41, 5.74) is 1.36. The number of nitro benzene ring substituents is 1. The van der Waals surface area contributed by atoms with Crippen molar-refractivity contribution in [1.82, 2.24) is 9.78 Å². The Labute approximate surface area is 122 Å². The molecule has 0 amide bonds. The van der Waals surface area contributed by atoms with E-state index in [9.17, 15) is 14.9 Å². The monoisotopic (exact) mass is 303 g/mol. The van der Waals surface area contributed by atoms with E-state index in [0.29, 0.717) is 16.2 Å². The molecule has 0 bridgehead atoms. The molecule has 0 aliphatic carbocycles. The van der Waals surface area contributed by atoms with Crippen LogP contribution in [0.5, 0.6) is 0 Å². The number of nitrogens with zero attached hydrogens (tertiary/aromatic N) is 3. The SMILES string of the molecule is Cc1nn(-c2ccc([N+](=O)[O-])cc2)c2sc(C(=O)O)cc12. The van der Waals surface area contributed by atoms with Gasteiger partial charge in [0.05, 0.1) is 16.3 Å². The van der Waals surface area contributed by atoms with Crippen molar-refractivity contribution >= 4 is 33.2 Å². The van der Waals surface area contributed by atoms with Crippen LogP contribution in [0.1, 0.15) is 15.4 Å². The van der Waals surface area contributed by atoms with E-state index in [1.54, 1.807) is 29.8 Å². The molecule has 8 heteroatoms. The fourth-order valence-electron chi connectivity index (χ4n) is 2.04. The van der Waals surface area contributed by atoms with Crippen LogP contribution in [0.25, 0.3) is 15.9 Å². The molecule has 0 spiro atoms. The van der Waals surface area contributed by atoms with E-state index in [1.807, 2.05) is 0 Å². The van der Waals surface area contributed by atoms with Gasteiger partial charge in [0.1, 0.15) is 9.71 Å². The van der Waals surface area contributed by atoms with E-state index in [-0.39, 0.29) is 10.6 Å². The first-order valence-corrected chi connectivity index (χ1v) is 6.76. The molecular formula is C13H9N3O4S. The van der Waals surface area contributed by atoms with Gasteiger partial charge in [0.15, 0.2) is 0 Å². The molecule has 3 rings (SSSR count). The number of non-ortho nitro benzene ring substituents is 1. The van der Waals surface area contributed by atoms with Crippen molar-refractivity contribution in [2.24, 2.45) is 0 Å². The summed E-state index contributed by atoms with van der Waals surface area (Å²) in [5.74, 6) is -0.981. The van der Waals surface area contributed by atoms with Gasteiger partial charge in [-0.1, -0.05) is 0 Å². The van der Waals surface area contributed by atoms with Gasteiger partial charge in [0.25, 0.3) is 5.69 Å². The highest BCUT2D eigenvalue weighted by atomic mass is 32.1. The Morgan fingerprint density at radius 3 is 2.62 bits per heavy atom. The highest BCUT2D eigenvalue weighted by Gasteiger charge is 2.16. The molecule has 0 unspecified atom stereocenters. The molecule has 0 aliphatic rings. The molecule has 1 aromatic carbocycles. The fraction of sp³-hybridized carbons (Fsp3) is 0.0769. The molecule has 106 valence electrons. The Balaban J connectivity index is 2.15. The van der Waals surface area contributed by atoms with Crippen LogP contribution in [0.15, 0.2) is 30.3 Å². The molecule has 0 saturated heterocycles. The second-order valence-electron chi connectivity index (χ2n) is 4.41. The molecule has 0 radical (unpaired) electrons. The van der Waals surface area contributed by atoms with Crippen molar-refractivity contribution in [3.8, 4) is 5.69 Å². The lowest BCUT2D eigenvalue weighted by molar-refractivity contribution is -0.384. The minimum absolute atomic E-state index is 0.00345. The summed E-state index contributed by atoms with van der Waals surface area (Å²) in [6.07, 6.45) is 0. The first-order chi connectivity index (χ1) is 9.97. The maximum atomic E-state index is 11.1. The summed E-state index contributed by atoms with van der Waals surface area (Å²) in [6.45, 7) is 1.79. The molecular weight excluding hydrogens is 294 g/mol. The molecule has 7 nitrogen and oxygen atoms in total. The summed E-state index contributed by atoms with van der Waals surface area (Å²) in [6, 6.07) is 7.55. The summed E-state index contributed by atoms with van der Waals surface area (Å²) < 4.78 is 1.60. The summed E-state index contributed by atoms with van der Waals surface area (Å²) >= 11 is 1.13. The molecule has 0 aliphatic heterocycles. The molecule has 2 heterocycles. The number of aromatic nitrogens is 2. The average molecular weight is 303 g/mol. The molecule has 3 aromatic rings. The number of carboxylic acids is 1. The third kappa shape index (κ3) is 2.15. The number of carboxylic acid groups (broad SMARTS) is 1. The fourth-order valence-corrected chi connectivity index (χ4v) is 3.06. The van der Waals surface area contributed by atoms with E-state index in [2.05, 4.69) is 5.10 Å². The third-order valence-electron chi connectivity index (χ3n) is 3.06. The zero-order valence-electron chi connectivity index (χ0n) is 10.8. The smallest absolute Gasteiger partial charge is 0.345 e. The number of aromatic carboxylic acids is 1. The normalized spacial score (nSPS) is 10.9. The highest BCUT2D eigenvalue weighted by Crippen LogP contribution is 2.30. The van der Waals surface area contributed by atoms with Crippen molar-refractivity contribution in [3.63, 3.8) is 0 Å². The number of fused-ring (bicyclic) bond motifs is 1. The van der Waals surface area contributed by atoms with Gasteiger partial charge in [-0.2, -0.15) is 5.10 Å². The number of rotatable bonds is 3. The molecule has 0 saturated carbocycles. The van der Waals surface area contributed by atoms with Gasteiger partial charge in [-0.3, -0.25) is 10.1 Å². The maximum absolute atomic E-state index is 11.1. The Hall–Kier alpha value is -2.74. The number of hydrogen-bond acceptors (Lipinski definition) is 5. The van der Waals surface area contributed by atoms with Crippen LogP contribution < -0.4 is 0 Å². The molecule has 2 aromatic heterocycles. The zero-order valence-corrected chi connectivity index (χ0v) is 11.6. The van der Waals surface area contributed by atoms with Crippen LogP contribution >= 0.6 is 11.3 Å². The topological polar surface area (TPSA) is 98.3 Å². The minimum atomic E-state index is -0.981. The second-order valence-corrected chi connectivity index (χ2v) is 5.44. The van der Waals surface area contributed by atoms with E-state index >= 15 is 0 Å². The van der Waals surface area contributed by atoms with Crippen molar-refractivity contribution in [1.29, 1.82) is 0 Å². The molecule has 1 N–H and O–H groups in total. The van der Waals surface area contributed by atoms with Gasteiger partial charge in [-0.15, -0.1) is 11.3 Å². The largest absolute Gasteiger partial charge is 0.477 e. The van der Waals surface area contributed by atoms with Crippen LogP contribution in [-0.2, 0) is 0 Å². The maximum Gasteiger partial charge on any atom is 0.345 e. The van der Waals surface area contributed by atoms with Crippen molar-refractivity contribution in [3.05, 3.63) is 51.0 Å². The standard InChI is InChI=1S/C13H9N3O4S/c1-7-10-6-11(13(17)18)21-12(10)15(14-7)8-2-4-9(5-3-8)16(19)20/h2-6H,1H3,(H,17,18). The summed E-state index contributed by atoms with van der Waals surface area (Å²) in [4.78, 5) is 22.2. The number of hydrogen-bond donors (Lipinski definition) is 1. The van der Waals surface area contributed by atoms with Gasteiger partial charge in [-0.25, -0.2) is 9.48 Å². The van der Waals surface area contributed by atoms with Crippen LogP contribution in [-0.4, -0.2) is 25.8 Å². The van der Waals surface area contributed by atoms with Crippen LogP contribution in [0.2, 0.25) is 0 Å². The average Bonchev–Trinajstić information content (AvgIpc) is 3.00. The van der Waals surface area contributed by atoms with Crippen LogP contribution in [0.4, 0.5) is 5.69 Å². The van der Waals surface area contributed by atoms with E-state index in [1.165, 1.54) is 12.1 Å². The van der Waals surface area contributed by atoms with Gasteiger partial charge in [0, 0.05) is 17.5 Å². The number of carbonyl (C=O) groups is 1. The third-order valence-corrected chi connectivity index (χ3v) is 4.16. The first kappa shape index (κ1) is 13.3. The minimum Gasteiger partial charge on any atom is -0.477 e. The quantitative estimate of drug-likeness (QED) is 0.592. The highest BCUT2D eigenvalue weighted by molar-refractivity contribution is 7.20. The lowest BCUT2D eigenvalue weighted by Gasteiger charge is -2.01. The van der Waals surface area contributed by atoms with E-state index in [4.69, 9.17) is 5.11 Å².